The minimum absolute atomic E-state index is 0.816. The van der Waals surface area contributed by atoms with Gasteiger partial charge in [-0.25, -0.2) is 10.0 Å². The Morgan fingerprint density at radius 2 is 0.807 bits per heavy atom. The number of benzene rings is 9. The second-order valence-corrected chi connectivity index (χ2v) is 20.5. The number of rotatable bonds is 8. The van der Waals surface area contributed by atoms with Crippen LogP contribution in [0.1, 0.15) is 0 Å². The van der Waals surface area contributed by atoms with E-state index in [0.29, 0.717) is 0 Å². The lowest BCUT2D eigenvalue weighted by Gasteiger charge is -2.29. The summed E-state index contributed by atoms with van der Waals surface area (Å²) in [7, 11) is -0.816. The first-order valence-electron chi connectivity index (χ1n) is 19.4. The SMILES string of the molecule is CS(C)(C)c1ccc(N(c2ccccc2)c2ccc3c(c2)sc2c4ccc(-c5ccc(N(c6ccccc6)c6ccccc6)cc5)cc4c4ccccc4c32)cc1. The lowest BCUT2D eigenvalue weighted by molar-refractivity contribution is 1.27. The summed E-state index contributed by atoms with van der Waals surface area (Å²) in [4.78, 5) is 6.11. The van der Waals surface area contributed by atoms with E-state index in [4.69, 9.17) is 0 Å². The molecule has 0 saturated carbocycles. The second-order valence-electron chi connectivity index (χ2n) is 15.3. The quantitative estimate of drug-likeness (QED) is 0.142. The third-order valence-electron chi connectivity index (χ3n) is 11.0. The van der Waals surface area contributed by atoms with Gasteiger partial charge in [0.05, 0.1) is 0 Å². The van der Waals surface area contributed by atoms with Crippen molar-refractivity contribution in [3.8, 4) is 11.1 Å². The van der Waals surface area contributed by atoms with Gasteiger partial charge in [-0.15, -0.1) is 11.3 Å². The molecule has 1 aromatic heterocycles. The zero-order chi connectivity index (χ0) is 38.5. The Balaban J connectivity index is 1.08. The summed E-state index contributed by atoms with van der Waals surface area (Å²) in [5.41, 5.74) is 9.29. The molecule has 0 fully saturated rings. The molecule has 0 bridgehead atoms. The van der Waals surface area contributed by atoms with Gasteiger partial charge in [-0.05, 0) is 142 Å². The van der Waals surface area contributed by atoms with Crippen molar-refractivity contribution < 1.29 is 0 Å². The summed E-state index contributed by atoms with van der Waals surface area (Å²) in [5, 5.41) is 7.81. The average molecular weight is 771 g/mol. The van der Waals surface area contributed by atoms with Crippen LogP contribution in [-0.4, -0.2) is 18.8 Å². The molecular weight excluding hydrogens is 729 g/mol. The molecule has 0 amide bonds. The Bertz CT molecular complexity index is 2980. The molecule has 0 aliphatic carbocycles. The summed E-state index contributed by atoms with van der Waals surface area (Å²) < 4.78 is 2.63. The van der Waals surface area contributed by atoms with E-state index in [1.54, 1.807) is 0 Å². The lowest BCUT2D eigenvalue weighted by atomic mass is 9.94. The first-order valence-corrected chi connectivity index (χ1v) is 23.0. The molecule has 10 aromatic rings. The fourth-order valence-electron chi connectivity index (χ4n) is 8.19. The van der Waals surface area contributed by atoms with Crippen LogP contribution in [0.4, 0.5) is 34.1 Å². The topological polar surface area (TPSA) is 6.48 Å². The normalized spacial score (nSPS) is 12.1. The second kappa shape index (κ2) is 14.3. The third-order valence-corrected chi connectivity index (χ3v) is 13.9. The molecule has 57 heavy (non-hydrogen) atoms. The molecule has 0 atom stereocenters. The smallest absolute Gasteiger partial charge is 0.0476 e. The van der Waals surface area contributed by atoms with E-state index >= 15 is 0 Å². The fraction of sp³-hybridized carbons (Fsp3) is 0.0566. The summed E-state index contributed by atoms with van der Waals surface area (Å²) >= 11 is 1.91. The Morgan fingerprint density at radius 1 is 0.351 bits per heavy atom. The number of para-hydroxylation sites is 3. The van der Waals surface area contributed by atoms with Gasteiger partial charge in [-0.3, -0.25) is 0 Å². The van der Waals surface area contributed by atoms with Gasteiger partial charge < -0.3 is 9.80 Å². The van der Waals surface area contributed by atoms with Gasteiger partial charge in [0.2, 0.25) is 0 Å². The predicted molar refractivity (Wildman–Crippen MR) is 253 cm³/mol. The van der Waals surface area contributed by atoms with Crippen LogP contribution in [0.2, 0.25) is 0 Å². The minimum atomic E-state index is -0.816. The van der Waals surface area contributed by atoms with Gasteiger partial charge in [0.1, 0.15) is 0 Å². The van der Waals surface area contributed by atoms with Crippen molar-refractivity contribution in [3.05, 3.63) is 200 Å². The Kier molecular flexibility index (Phi) is 8.82. The first kappa shape index (κ1) is 35.1. The van der Waals surface area contributed by atoms with Gasteiger partial charge >= 0.3 is 0 Å². The maximum Gasteiger partial charge on any atom is 0.0476 e. The van der Waals surface area contributed by atoms with Crippen LogP contribution in [0.5, 0.6) is 0 Å². The highest BCUT2D eigenvalue weighted by molar-refractivity contribution is 8.32. The molecular formula is C53H42N2S2. The van der Waals surface area contributed by atoms with Crippen molar-refractivity contribution in [3.63, 3.8) is 0 Å². The summed E-state index contributed by atoms with van der Waals surface area (Å²) in [6.45, 7) is 0. The molecule has 0 aliphatic rings. The average Bonchev–Trinajstić information content (AvgIpc) is 3.65. The Morgan fingerprint density at radius 3 is 1.39 bits per heavy atom. The van der Waals surface area contributed by atoms with Crippen LogP contribution in [0.25, 0.3) is 52.8 Å². The summed E-state index contributed by atoms with van der Waals surface area (Å²) in [5.74, 6) is 0. The minimum Gasteiger partial charge on any atom is -0.311 e. The van der Waals surface area contributed by atoms with Crippen LogP contribution in [-0.2, 0) is 0 Å². The Hall–Kier alpha value is -6.33. The number of hydrogen-bond donors (Lipinski definition) is 0. The molecule has 276 valence electrons. The molecule has 1 heterocycles. The maximum absolute atomic E-state index is 2.40. The predicted octanol–water partition coefficient (Wildman–Crippen LogP) is 16.0. The van der Waals surface area contributed by atoms with Crippen molar-refractivity contribution in [2.75, 3.05) is 28.6 Å². The lowest BCUT2D eigenvalue weighted by Crippen LogP contribution is -2.09. The third kappa shape index (κ3) is 6.41. The van der Waals surface area contributed by atoms with Crippen molar-refractivity contribution in [1.29, 1.82) is 0 Å². The summed E-state index contributed by atoms with van der Waals surface area (Å²) in [6, 6.07) is 73.1. The van der Waals surface area contributed by atoms with Crippen LogP contribution in [0.3, 0.4) is 0 Å². The van der Waals surface area contributed by atoms with Crippen molar-refractivity contribution >= 4 is 97.2 Å². The van der Waals surface area contributed by atoms with E-state index in [1.165, 1.54) is 63.4 Å². The van der Waals surface area contributed by atoms with Crippen LogP contribution in [0, 0.1) is 0 Å². The standard InChI is InChI=1S/C53H42N2S2/c1-57(2,3)45-31-28-43(29-32-45)55(41-19-11-6-12-20-41)44-30-34-49-51(36-44)56-53-48-33-25-38(35-50(48)46-21-13-14-22-47(46)52(49)53)37-23-26-42(27-24-37)54(39-15-7-4-8-16-39)40-17-9-5-10-18-40/h4-36H,1-3H3. The maximum atomic E-state index is 2.40. The van der Waals surface area contributed by atoms with Crippen molar-refractivity contribution in [1.82, 2.24) is 0 Å². The van der Waals surface area contributed by atoms with E-state index in [2.05, 4.69) is 229 Å². The molecule has 0 saturated heterocycles. The highest BCUT2D eigenvalue weighted by Gasteiger charge is 2.19. The van der Waals surface area contributed by atoms with Gasteiger partial charge in [-0.2, -0.15) is 0 Å². The van der Waals surface area contributed by atoms with Crippen molar-refractivity contribution in [2.24, 2.45) is 0 Å². The molecule has 0 radical (unpaired) electrons. The number of fused-ring (bicyclic) bond motifs is 8. The number of hydrogen-bond acceptors (Lipinski definition) is 3. The van der Waals surface area contributed by atoms with Gasteiger partial charge in [0.25, 0.3) is 0 Å². The van der Waals surface area contributed by atoms with E-state index in [1.807, 2.05) is 11.3 Å². The highest BCUT2D eigenvalue weighted by atomic mass is 32.3. The molecule has 0 spiro atoms. The largest absolute Gasteiger partial charge is 0.311 e. The zero-order valence-corrected chi connectivity index (χ0v) is 33.9. The summed E-state index contributed by atoms with van der Waals surface area (Å²) in [6.07, 6.45) is 7.05. The van der Waals surface area contributed by atoms with Crippen LogP contribution >= 0.6 is 21.4 Å². The molecule has 0 unspecified atom stereocenters. The van der Waals surface area contributed by atoms with E-state index in [9.17, 15) is 0 Å². The molecule has 0 N–H and O–H groups in total. The number of nitrogens with zero attached hydrogens (tertiary/aromatic N) is 2. The molecule has 10 rings (SSSR count). The molecule has 4 heteroatoms. The van der Waals surface area contributed by atoms with Crippen molar-refractivity contribution in [2.45, 2.75) is 4.90 Å². The highest BCUT2D eigenvalue weighted by Crippen LogP contribution is 2.49. The van der Waals surface area contributed by atoms with Crippen LogP contribution in [0.15, 0.2) is 205 Å². The Labute approximate surface area is 340 Å². The van der Waals surface area contributed by atoms with E-state index < -0.39 is 10.0 Å². The van der Waals surface area contributed by atoms with Gasteiger partial charge in [0, 0.05) is 59.7 Å². The molecule has 9 aromatic carbocycles. The van der Waals surface area contributed by atoms with Gasteiger partial charge in [-0.1, -0.05) is 109 Å². The number of thiophene rings is 1. The zero-order valence-electron chi connectivity index (χ0n) is 32.3. The molecule has 0 aliphatic heterocycles. The monoisotopic (exact) mass is 770 g/mol. The molecule has 2 nitrogen and oxygen atoms in total. The first-order chi connectivity index (χ1) is 27.9. The van der Waals surface area contributed by atoms with Crippen LogP contribution < -0.4 is 9.80 Å². The van der Waals surface area contributed by atoms with Gasteiger partial charge in [0.15, 0.2) is 0 Å². The van der Waals surface area contributed by atoms with E-state index in [-0.39, 0.29) is 0 Å². The number of anilines is 6. The fourth-order valence-corrected chi connectivity index (χ4v) is 10.4. The van der Waals surface area contributed by atoms with E-state index in [0.717, 1.165) is 28.4 Å².